The van der Waals surface area contributed by atoms with E-state index in [0.717, 1.165) is 49.7 Å². The third-order valence-electron chi connectivity index (χ3n) is 7.06. The van der Waals surface area contributed by atoms with Crippen LogP contribution in [0.5, 0.6) is 0 Å². The Morgan fingerprint density at radius 2 is 1.55 bits per heavy atom. The molecule has 2 atom stereocenters. The van der Waals surface area contributed by atoms with E-state index in [1.165, 1.54) is 11.3 Å². The van der Waals surface area contributed by atoms with Gasteiger partial charge in [-0.1, -0.05) is 30.3 Å². The van der Waals surface area contributed by atoms with Crippen molar-refractivity contribution >= 4 is 34.1 Å². The second-order valence-electron chi connectivity index (χ2n) is 9.02. The van der Waals surface area contributed by atoms with E-state index < -0.39 is 17.8 Å². The van der Waals surface area contributed by atoms with Gasteiger partial charge < -0.3 is 15.7 Å². The molecule has 4 fully saturated rings. The SMILES string of the molecule is O=C(NC1CC1)c1c(-c2ccccc2)csc1NC(=O)C1C2CCC(CC2)C1C(=O)O. The van der Waals surface area contributed by atoms with Gasteiger partial charge in [0.15, 0.2) is 0 Å². The van der Waals surface area contributed by atoms with Gasteiger partial charge >= 0.3 is 5.97 Å². The minimum absolute atomic E-state index is 0.0686. The van der Waals surface area contributed by atoms with Gasteiger partial charge in [-0.05, 0) is 55.9 Å². The molecule has 2 amide bonds. The van der Waals surface area contributed by atoms with Crippen LogP contribution in [-0.4, -0.2) is 28.9 Å². The summed E-state index contributed by atoms with van der Waals surface area (Å²) in [7, 11) is 0. The summed E-state index contributed by atoms with van der Waals surface area (Å²) in [6.45, 7) is 0. The highest BCUT2D eigenvalue weighted by Gasteiger charge is 2.50. The predicted octanol–water partition coefficient (Wildman–Crippen LogP) is 4.38. The number of hydrogen-bond donors (Lipinski definition) is 3. The largest absolute Gasteiger partial charge is 0.481 e. The zero-order valence-corrected chi connectivity index (χ0v) is 18.0. The molecule has 2 bridgehead atoms. The normalized spacial score (nSPS) is 27.0. The van der Waals surface area contributed by atoms with E-state index in [1.54, 1.807) is 0 Å². The Kier molecular flexibility index (Phi) is 5.30. The lowest BCUT2D eigenvalue weighted by molar-refractivity contribution is -0.156. The number of aliphatic carboxylic acids is 1. The van der Waals surface area contributed by atoms with Crippen molar-refractivity contribution in [2.24, 2.45) is 23.7 Å². The van der Waals surface area contributed by atoms with Crippen molar-refractivity contribution in [3.63, 3.8) is 0 Å². The molecule has 1 heterocycles. The summed E-state index contributed by atoms with van der Waals surface area (Å²) in [6, 6.07) is 9.86. The quantitative estimate of drug-likeness (QED) is 0.624. The van der Waals surface area contributed by atoms with Crippen LogP contribution in [0, 0.1) is 23.7 Å². The molecule has 2 unspecified atom stereocenters. The molecule has 162 valence electrons. The molecule has 7 heteroatoms. The first kappa shape index (κ1) is 20.2. The summed E-state index contributed by atoms with van der Waals surface area (Å²) in [5.41, 5.74) is 2.18. The van der Waals surface area contributed by atoms with Crippen molar-refractivity contribution in [3.8, 4) is 11.1 Å². The first-order valence-electron chi connectivity index (χ1n) is 11.0. The van der Waals surface area contributed by atoms with Gasteiger partial charge in [-0.25, -0.2) is 0 Å². The van der Waals surface area contributed by atoms with Gasteiger partial charge in [-0.2, -0.15) is 0 Å². The van der Waals surface area contributed by atoms with Crippen LogP contribution in [-0.2, 0) is 9.59 Å². The standard InChI is InChI=1S/C24H26N2O4S/c27-21(18-14-6-8-15(9-7-14)19(18)24(29)30)26-23-20(22(28)25-16-10-11-16)17(12-31-23)13-4-2-1-3-5-13/h1-5,12,14-16,18-19H,6-11H2,(H,25,28)(H,26,27)(H,29,30). The number of hydrogen-bond acceptors (Lipinski definition) is 4. The maximum Gasteiger partial charge on any atom is 0.307 e. The summed E-state index contributed by atoms with van der Waals surface area (Å²) in [5.74, 6) is -2.32. The Bertz CT molecular complexity index is 1010. The molecule has 4 aliphatic carbocycles. The number of thiophene rings is 1. The number of benzene rings is 1. The van der Waals surface area contributed by atoms with Crippen molar-refractivity contribution < 1.29 is 19.5 Å². The number of anilines is 1. The van der Waals surface area contributed by atoms with Crippen LogP contribution in [0.3, 0.4) is 0 Å². The first-order chi connectivity index (χ1) is 15.0. The molecular formula is C24H26N2O4S. The molecule has 0 saturated heterocycles. The topological polar surface area (TPSA) is 95.5 Å². The summed E-state index contributed by atoms with van der Waals surface area (Å²) in [6.07, 6.45) is 5.53. The predicted molar refractivity (Wildman–Crippen MR) is 119 cm³/mol. The zero-order chi connectivity index (χ0) is 21.5. The molecule has 4 saturated carbocycles. The smallest absolute Gasteiger partial charge is 0.307 e. The molecule has 2 aromatic rings. The first-order valence-corrected chi connectivity index (χ1v) is 11.9. The molecule has 3 N–H and O–H groups in total. The van der Waals surface area contributed by atoms with Gasteiger partial charge in [0.1, 0.15) is 5.00 Å². The van der Waals surface area contributed by atoms with Crippen LogP contribution in [0.25, 0.3) is 11.1 Å². The maximum atomic E-state index is 13.3. The van der Waals surface area contributed by atoms with Gasteiger partial charge in [0, 0.05) is 17.0 Å². The lowest BCUT2D eigenvalue weighted by atomic mass is 9.58. The number of carbonyl (C=O) groups is 3. The highest BCUT2D eigenvalue weighted by atomic mass is 32.1. The number of carbonyl (C=O) groups excluding carboxylic acids is 2. The van der Waals surface area contributed by atoms with Gasteiger partial charge in [-0.15, -0.1) is 11.3 Å². The van der Waals surface area contributed by atoms with Gasteiger partial charge in [0.05, 0.1) is 17.4 Å². The summed E-state index contributed by atoms with van der Waals surface area (Å²) < 4.78 is 0. The Morgan fingerprint density at radius 3 is 2.16 bits per heavy atom. The third kappa shape index (κ3) is 3.87. The van der Waals surface area contributed by atoms with E-state index in [0.29, 0.717) is 10.6 Å². The van der Waals surface area contributed by atoms with Crippen LogP contribution in [0.15, 0.2) is 35.7 Å². The van der Waals surface area contributed by atoms with E-state index in [4.69, 9.17) is 0 Å². The summed E-state index contributed by atoms with van der Waals surface area (Å²) in [4.78, 5) is 38.4. The Morgan fingerprint density at radius 1 is 0.903 bits per heavy atom. The highest BCUT2D eigenvalue weighted by Crippen LogP contribution is 2.49. The van der Waals surface area contributed by atoms with Crippen molar-refractivity contribution in [3.05, 3.63) is 41.3 Å². The average Bonchev–Trinajstić information content (AvgIpc) is 3.50. The number of rotatable bonds is 6. The van der Waals surface area contributed by atoms with Crippen molar-refractivity contribution in [2.45, 2.75) is 44.6 Å². The van der Waals surface area contributed by atoms with Crippen LogP contribution >= 0.6 is 11.3 Å². The molecular weight excluding hydrogens is 412 g/mol. The fraction of sp³-hybridized carbons (Fsp3) is 0.458. The zero-order valence-electron chi connectivity index (χ0n) is 17.2. The molecule has 1 aromatic carbocycles. The molecule has 0 radical (unpaired) electrons. The van der Waals surface area contributed by atoms with Crippen LogP contribution < -0.4 is 10.6 Å². The lowest BCUT2D eigenvalue weighted by Crippen LogP contribution is -2.49. The van der Waals surface area contributed by atoms with Crippen LogP contribution in [0.2, 0.25) is 0 Å². The second kappa shape index (κ2) is 8.11. The fourth-order valence-electron chi connectivity index (χ4n) is 5.37. The molecule has 0 spiro atoms. The number of carboxylic acids is 1. The second-order valence-corrected chi connectivity index (χ2v) is 9.90. The monoisotopic (exact) mass is 438 g/mol. The van der Waals surface area contributed by atoms with E-state index >= 15 is 0 Å². The Labute approximate surface area is 185 Å². The number of amides is 2. The van der Waals surface area contributed by atoms with E-state index in [-0.39, 0.29) is 29.7 Å². The van der Waals surface area contributed by atoms with Crippen molar-refractivity contribution in [1.29, 1.82) is 0 Å². The number of nitrogens with one attached hydrogen (secondary N) is 2. The summed E-state index contributed by atoms with van der Waals surface area (Å²) in [5, 5.41) is 18.2. The van der Waals surface area contributed by atoms with Gasteiger partial charge in [-0.3, -0.25) is 14.4 Å². The van der Waals surface area contributed by atoms with Gasteiger partial charge in [0.25, 0.3) is 5.91 Å². The van der Waals surface area contributed by atoms with Gasteiger partial charge in [0.2, 0.25) is 5.91 Å². The number of fused-ring (bicyclic) bond motifs is 3. The molecule has 0 aliphatic heterocycles. The Balaban J connectivity index is 1.45. The van der Waals surface area contributed by atoms with Crippen molar-refractivity contribution in [1.82, 2.24) is 5.32 Å². The molecule has 6 nitrogen and oxygen atoms in total. The fourth-order valence-corrected chi connectivity index (χ4v) is 6.34. The van der Waals surface area contributed by atoms with E-state index in [9.17, 15) is 19.5 Å². The molecule has 6 rings (SSSR count). The maximum absolute atomic E-state index is 13.3. The molecule has 4 aliphatic rings. The van der Waals surface area contributed by atoms with E-state index in [2.05, 4.69) is 10.6 Å². The summed E-state index contributed by atoms with van der Waals surface area (Å²) >= 11 is 1.33. The Hall–Kier alpha value is -2.67. The highest BCUT2D eigenvalue weighted by molar-refractivity contribution is 7.15. The average molecular weight is 439 g/mol. The molecule has 31 heavy (non-hydrogen) atoms. The number of carboxylic acid groups (broad SMARTS) is 1. The minimum atomic E-state index is -0.877. The van der Waals surface area contributed by atoms with E-state index in [1.807, 2.05) is 35.7 Å². The molecule has 1 aromatic heterocycles. The van der Waals surface area contributed by atoms with Crippen molar-refractivity contribution in [2.75, 3.05) is 5.32 Å². The lowest BCUT2D eigenvalue weighted by Gasteiger charge is -2.45. The van der Waals surface area contributed by atoms with Crippen LogP contribution in [0.4, 0.5) is 5.00 Å². The minimum Gasteiger partial charge on any atom is -0.481 e. The van der Waals surface area contributed by atoms with Crippen LogP contribution in [0.1, 0.15) is 48.9 Å². The third-order valence-corrected chi connectivity index (χ3v) is 7.95.